The highest BCUT2D eigenvalue weighted by Gasteiger charge is 2.23. The molecule has 4 rings (SSSR count). The molecule has 0 aliphatic carbocycles. The molecule has 3 aromatic rings. The first-order valence-electron chi connectivity index (χ1n) is 10.9. The summed E-state index contributed by atoms with van der Waals surface area (Å²) >= 11 is 0. The van der Waals surface area contributed by atoms with Gasteiger partial charge in [0.05, 0.1) is 0 Å². The van der Waals surface area contributed by atoms with Crippen LogP contribution in [0.5, 0.6) is 0 Å². The van der Waals surface area contributed by atoms with Gasteiger partial charge in [-0.3, -0.25) is 4.79 Å². The Morgan fingerprint density at radius 1 is 1.03 bits per heavy atom. The number of carboxylic acid groups (broad SMARTS) is 1. The summed E-state index contributed by atoms with van der Waals surface area (Å²) < 4.78 is 42.1. The van der Waals surface area contributed by atoms with Crippen molar-refractivity contribution in [1.82, 2.24) is 0 Å². The number of nitrogens with one attached hydrogen (secondary N) is 1. The molecule has 7 heteroatoms. The van der Waals surface area contributed by atoms with Gasteiger partial charge in [0.1, 0.15) is 17.5 Å². The Balaban J connectivity index is 1.56. The summed E-state index contributed by atoms with van der Waals surface area (Å²) in [6.07, 6.45) is 1.79. The predicted octanol–water partition coefficient (Wildman–Crippen LogP) is 6.13. The highest BCUT2D eigenvalue weighted by Crippen LogP contribution is 2.38. The summed E-state index contributed by atoms with van der Waals surface area (Å²) in [6, 6.07) is 12.3. The van der Waals surface area contributed by atoms with Crippen molar-refractivity contribution < 1.29 is 23.1 Å². The second kappa shape index (κ2) is 9.57. The highest BCUT2D eigenvalue weighted by atomic mass is 19.1. The third-order valence-electron chi connectivity index (χ3n) is 6.03. The van der Waals surface area contributed by atoms with Crippen LogP contribution < -0.4 is 10.2 Å². The van der Waals surface area contributed by atoms with Gasteiger partial charge in [-0.2, -0.15) is 0 Å². The molecule has 1 aliphatic rings. The van der Waals surface area contributed by atoms with Gasteiger partial charge >= 0.3 is 5.97 Å². The van der Waals surface area contributed by atoms with Gasteiger partial charge in [-0.1, -0.05) is 18.2 Å². The minimum Gasteiger partial charge on any atom is -0.481 e. The van der Waals surface area contributed by atoms with E-state index in [9.17, 15) is 18.0 Å². The van der Waals surface area contributed by atoms with Gasteiger partial charge in [-0.15, -0.1) is 0 Å². The predicted molar refractivity (Wildman–Crippen MR) is 123 cm³/mol. The molecular weight excluding hydrogens is 429 g/mol. The molecule has 0 aromatic heterocycles. The second-order valence-electron chi connectivity index (χ2n) is 8.29. The van der Waals surface area contributed by atoms with E-state index in [2.05, 4.69) is 5.32 Å². The molecule has 0 fully saturated rings. The maximum absolute atomic E-state index is 14.3. The summed E-state index contributed by atoms with van der Waals surface area (Å²) in [5, 5.41) is 12.0. The number of benzene rings is 3. The van der Waals surface area contributed by atoms with E-state index in [4.69, 9.17) is 5.11 Å². The first-order chi connectivity index (χ1) is 15.8. The lowest BCUT2D eigenvalue weighted by Gasteiger charge is -2.34. The Hall–Kier alpha value is -3.48. The van der Waals surface area contributed by atoms with Crippen LogP contribution in [0, 0.1) is 24.4 Å². The number of anilines is 3. The average Bonchev–Trinajstić information content (AvgIpc) is 2.77. The minimum atomic E-state index is -0.963. The highest BCUT2D eigenvalue weighted by molar-refractivity contribution is 5.72. The molecule has 0 atom stereocenters. The van der Waals surface area contributed by atoms with E-state index in [1.807, 2.05) is 24.0 Å². The lowest BCUT2D eigenvalue weighted by Crippen LogP contribution is -2.26. The maximum Gasteiger partial charge on any atom is 0.303 e. The molecule has 0 saturated heterocycles. The maximum atomic E-state index is 14.3. The third kappa shape index (κ3) is 5.13. The third-order valence-corrected chi connectivity index (χ3v) is 6.03. The van der Waals surface area contributed by atoms with E-state index in [0.717, 1.165) is 41.3 Å². The van der Waals surface area contributed by atoms with Crippen LogP contribution in [0.25, 0.3) is 0 Å². The Kier molecular flexibility index (Phi) is 6.58. The van der Waals surface area contributed by atoms with Gasteiger partial charge in [0.15, 0.2) is 0 Å². The fraction of sp³-hybridized carbons (Fsp3) is 0.269. The molecule has 33 heavy (non-hydrogen) atoms. The number of halogens is 3. The summed E-state index contributed by atoms with van der Waals surface area (Å²) in [4.78, 5) is 12.7. The second-order valence-corrected chi connectivity index (χ2v) is 8.29. The van der Waals surface area contributed by atoms with Gasteiger partial charge in [0.2, 0.25) is 0 Å². The standard InChI is InChI=1S/C26H25F3N2O2/c1-16-19(15-30-22-8-6-17(24(29)14-22)7-9-25(32)33)5-4-18-3-2-10-31(26(16)18)23-12-20(27)11-21(28)13-23/h4-6,8,11-14,30H,2-3,7,9-10,15H2,1H3,(H,32,33). The van der Waals surface area contributed by atoms with Crippen molar-refractivity contribution in [2.45, 2.75) is 39.2 Å². The van der Waals surface area contributed by atoms with Crippen LogP contribution in [0.15, 0.2) is 48.5 Å². The Bertz CT molecular complexity index is 1180. The van der Waals surface area contributed by atoms with Crippen molar-refractivity contribution in [3.63, 3.8) is 0 Å². The number of nitrogens with zero attached hydrogens (tertiary/aromatic N) is 1. The van der Waals surface area contributed by atoms with Gasteiger partial charge in [-0.25, -0.2) is 13.2 Å². The quantitative estimate of drug-likeness (QED) is 0.451. The minimum absolute atomic E-state index is 0.121. The summed E-state index contributed by atoms with van der Waals surface area (Å²) in [5.41, 5.74) is 5.52. The van der Waals surface area contributed by atoms with Crippen molar-refractivity contribution in [2.24, 2.45) is 0 Å². The van der Waals surface area contributed by atoms with Gasteiger partial charge in [0.25, 0.3) is 0 Å². The molecular formula is C26H25F3N2O2. The first kappa shape index (κ1) is 22.7. The lowest BCUT2D eigenvalue weighted by atomic mass is 9.94. The van der Waals surface area contributed by atoms with E-state index in [-0.39, 0.29) is 12.8 Å². The van der Waals surface area contributed by atoms with E-state index in [1.54, 1.807) is 12.1 Å². The summed E-state index contributed by atoms with van der Waals surface area (Å²) in [7, 11) is 0. The van der Waals surface area contributed by atoms with Crippen LogP contribution >= 0.6 is 0 Å². The molecule has 0 amide bonds. The molecule has 172 valence electrons. The molecule has 0 radical (unpaired) electrons. The van der Waals surface area contributed by atoms with Crippen molar-refractivity contribution in [1.29, 1.82) is 0 Å². The SMILES string of the molecule is Cc1c(CNc2ccc(CCC(=O)O)c(F)c2)ccc2c1N(c1cc(F)cc(F)c1)CCC2. The van der Waals surface area contributed by atoms with Crippen LogP contribution in [0.3, 0.4) is 0 Å². The molecule has 3 aromatic carbocycles. The fourth-order valence-electron chi connectivity index (χ4n) is 4.36. The summed E-state index contributed by atoms with van der Waals surface area (Å²) in [6.45, 7) is 3.09. The molecule has 0 saturated carbocycles. The van der Waals surface area contributed by atoms with Crippen LogP contribution in [0.2, 0.25) is 0 Å². The smallest absolute Gasteiger partial charge is 0.303 e. The zero-order valence-electron chi connectivity index (χ0n) is 18.3. The largest absolute Gasteiger partial charge is 0.481 e. The number of hydrogen-bond donors (Lipinski definition) is 2. The normalized spacial score (nSPS) is 13.0. The molecule has 2 N–H and O–H groups in total. The van der Waals surface area contributed by atoms with Crippen LogP contribution in [0.1, 0.15) is 35.1 Å². The van der Waals surface area contributed by atoms with E-state index in [1.165, 1.54) is 18.2 Å². The Morgan fingerprint density at radius 3 is 2.45 bits per heavy atom. The van der Waals surface area contributed by atoms with Gasteiger partial charge in [-0.05, 0) is 72.7 Å². The Labute approximate surface area is 190 Å². The van der Waals surface area contributed by atoms with Crippen LogP contribution in [-0.4, -0.2) is 17.6 Å². The average molecular weight is 454 g/mol. The number of hydrogen-bond acceptors (Lipinski definition) is 3. The number of rotatable bonds is 7. The molecule has 4 nitrogen and oxygen atoms in total. The zero-order chi connectivity index (χ0) is 23.5. The Morgan fingerprint density at radius 2 is 1.76 bits per heavy atom. The zero-order valence-corrected chi connectivity index (χ0v) is 18.3. The van der Waals surface area contributed by atoms with Crippen LogP contribution in [0.4, 0.5) is 30.2 Å². The summed E-state index contributed by atoms with van der Waals surface area (Å²) in [5.74, 6) is -2.62. The molecule has 1 aliphatic heterocycles. The van der Waals surface area contributed by atoms with Gasteiger partial charge in [0, 0.05) is 42.6 Å². The topological polar surface area (TPSA) is 52.6 Å². The van der Waals surface area contributed by atoms with Crippen molar-refractivity contribution in [3.8, 4) is 0 Å². The van der Waals surface area contributed by atoms with E-state index >= 15 is 0 Å². The van der Waals surface area contributed by atoms with Gasteiger partial charge < -0.3 is 15.3 Å². The molecule has 0 unspecified atom stereocenters. The van der Waals surface area contributed by atoms with E-state index < -0.39 is 23.4 Å². The number of aliphatic carboxylic acids is 1. The first-order valence-corrected chi connectivity index (χ1v) is 10.9. The number of carbonyl (C=O) groups is 1. The molecule has 0 spiro atoms. The fourth-order valence-corrected chi connectivity index (χ4v) is 4.36. The number of aryl methyl sites for hydroxylation is 2. The van der Waals surface area contributed by atoms with Crippen molar-refractivity contribution >= 4 is 23.0 Å². The molecule has 1 heterocycles. The monoisotopic (exact) mass is 454 g/mol. The number of fused-ring (bicyclic) bond motifs is 1. The number of carboxylic acids is 1. The van der Waals surface area contributed by atoms with E-state index in [0.29, 0.717) is 30.0 Å². The lowest BCUT2D eigenvalue weighted by molar-refractivity contribution is -0.136. The van der Waals surface area contributed by atoms with Crippen molar-refractivity contribution in [2.75, 3.05) is 16.8 Å². The van der Waals surface area contributed by atoms with Crippen molar-refractivity contribution in [3.05, 3.63) is 88.2 Å². The molecule has 0 bridgehead atoms. The van der Waals surface area contributed by atoms with Crippen LogP contribution in [-0.2, 0) is 24.2 Å².